The summed E-state index contributed by atoms with van der Waals surface area (Å²) in [6.45, 7) is 11.7. The monoisotopic (exact) mass is 484 g/mol. The summed E-state index contributed by atoms with van der Waals surface area (Å²) in [6.07, 6.45) is 4.48. The van der Waals surface area contributed by atoms with Crippen LogP contribution in [0.5, 0.6) is 11.5 Å². The van der Waals surface area contributed by atoms with Crippen LogP contribution in [0.2, 0.25) is 0 Å². The standard InChI is InChI=1S/C26H36N4O3S/c1-6-9-13-34-25-28-24-27-18-15-26(4,5)16-19(31)22(18)23(30(24)29-25)17-10-11-20(33-12-7-2)21(14-17)32-8-3/h10-11,14,23H,6-9,12-13,15-16H2,1-5H3,(H,27,28,29). The van der Waals surface area contributed by atoms with E-state index in [-0.39, 0.29) is 17.2 Å². The van der Waals surface area contributed by atoms with Gasteiger partial charge in [-0.15, -0.1) is 5.10 Å². The number of thioether (sulfide) groups is 1. The molecule has 2 heterocycles. The van der Waals surface area contributed by atoms with E-state index in [1.165, 1.54) is 0 Å². The van der Waals surface area contributed by atoms with Gasteiger partial charge < -0.3 is 14.8 Å². The average molecular weight is 485 g/mol. The van der Waals surface area contributed by atoms with Crippen LogP contribution in [-0.2, 0) is 4.79 Å². The number of carbonyl (C=O) groups is 1. The van der Waals surface area contributed by atoms with Crippen molar-refractivity contribution in [3.63, 3.8) is 0 Å². The zero-order valence-electron chi connectivity index (χ0n) is 20.9. The average Bonchev–Trinajstić information content (AvgIpc) is 3.18. The van der Waals surface area contributed by atoms with E-state index in [2.05, 4.69) is 33.0 Å². The van der Waals surface area contributed by atoms with E-state index in [1.54, 1.807) is 11.8 Å². The van der Waals surface area contributed by atoms with Crippen LogP contribution >= 0.6 is 11.8 Å². The molecule has 0 radical (unpaired) electrons. The van der Waals surface area contributed by atoms with Crippen LogP contribution < -0.4 is 14.8 Å². The number of aromatic nitrogens is 3. The highest BCUT2D eigenvalue weighted by molar-refractivity contribution is 7.99. The molecule has 0 saturated carbocycles. The van der Waals surface area contributed by atoms with Crippen LogP contribution in [-0.4, -0.2) is 39.5 Å². The molecular weight excluding hydrogens is 448 g/mol. The van der Waals surface area contributed by atoms with Crippen LogP contribution in [0.3, 0.4) is 0 Å². The number of benzene rings is 1. The molecule has 0 saturated heterocycles. The van der Waals surface area contributed by atoms with Crippen molar-refractivity contribution in [2.75, 3.05) is 24.3 Å². The Kier molecular flexibility index (Phi) is 7.55. The maximum atomic E-state index is 13.5. The van der Waals surface area contributed by atoms with Gasteiger partial charge in [0.25, 0.3) is 0 Å². The molecule has 1 aliphatic carbocycles. The zero-order valence-corrected chi connectivity index (χ0v) is 21.8. The topological polar surface area (TPSA) is 78.3 Å². The van der Waals surface area contributed by atoms with Crippen LogP contribution in [0.25, 0.3) is 0 Å². The normalized spacial score (nSPS) is 18.9. The highest BCUT2D eigenvalue weighted by Gasteiger charge is 2.42. The van der Waals surface area contributed by atoms with E-state index >= 15 is 0 Å². The van der Waals surface area contributed by atoms with Gasteiger partial charge in [0.2, 0.25) is 11.1 Å². The van der Waals surface area contributed by atoms with Gasteiger partial charge in [0.15, 0.2) is 17.3 Å². The Labute approximate surface area is 206 Å². The molecule has 1 aliphatic heterocycles. The molecule has 1 N–H and O–H groups in total. The molecule has 8 heteroatoms. The molecule has 1 aromatic heterocycles. The lowest BCUT2D eigenvalue weighted by atomic mass is 9.73. The third kappa shape index (κ3) is 5.11. The Morgan fingerprint density at radius 2 is 1.97 bits per heavy atom. The summed E-state index contributed by atoms with van der Waals surface area (Å²) in [7, 11) is 0. The molecule has 1 unspecified atom stereocenters. The Balaban J connectivity index is 1.79. The first-order valence-electron chi connectivity index (χ1n) is 12.4. The second-order valence-corrected chi connectivity index (χ2v) is 10.8. The van der Waals surface area contributed by atoms with Gasteiger partial charge in [0.05, 0.1) is 13.2 Å². The number of hydrogen-bond acceptors (Lipinski definition) is 7. The first kappa shape index (κ1) is 24.6. The van der Waals surface area contributed by atoms with Gasteiger partial charge in [-0.3, -0.25) is 4.79 Å². The molecule has 0 amide bonds. The van der Waals surface area contributed by atoms with E-state index in [9.17, 15) is 4.79 Å². The highest BCUT2D eigenvalue weighted by atomic mass is 32.2. The van der Waals surface area contributed by atoms with Crippen LogP contribution in [0, 0.1) is 5.41 Å². The summed E-state index contributed by atoms with van der Waals surface area (Å²) in [6, 6.07) is 5.62. The van der Waals surface area contributed by atoms with Crippen LogP contribution in [0.4, 0.5) is 5.95 Å². The summed E-state index contributed by atoms with van der Waals surface area (Å²) in [5.41, 5.74) is 2.60. The van der Waals surface area contributed by atoms with Crippen LogP contribution in [0.1, 0.15) is 78.3 Å². The van der Waals surface area contributed by atoms with Crippen molar-refractivity contribution in [3.05, 3.63) is 35.0 Å². The van der Waals surface area contributed by atoms with Crippen LogP contribution in [0.15, 0.2) is 34.6 Å². The molecule has 1 atom stereocenters. The van der Waals surface area contributed by atoms with Crippen molar-refractivity contribution in [1.82, 2.24) is 14.8 Å². The van der Waals surface area contributed by atoms with Gasteiger partial charge in [0, 0.05) is 23.4 Å². The minimum atomic E-state index is -0.345. The van der Waals surface area contributed by atoms with E-state index in [4.69, 9.17) is 19.6 Å². The fourth-order valence-corrected chi connectivity index (χ4v) is 5.47. The molecular formula is C26H36N4O3S. The molecule has 7 nitrogen and oxygen atoms in total. The Morgan fingerprint density at radius 1 is 1.15 bits per heavy atom. The SMILES string of the molecule is CCCCSc1nc2n(n1)C(c1ccc(OCCC)c(OCC)c1)C1=C(CC(C)(C)CC1=O)N2. The van der Waals surface area contributed by atoms with Gasteiger partial charge in [-0.2, -0.15) is 4.98 Å². The van der Waals surface area contributed by atoms with E-state index < -0.39 is 0 Å². The number of nitrogens with zero attached hydrogens (tertiary/aromatic N) is 3. The van der Waals surface area contributed by atoms with Gasteiger partial charge in [-0.25, -0.2) is 4.68 Å². The number of fused-ring (bicyclic) bond motifs is 1. The van der Waals surface area contributed by atoms with E-state index in [0.717, 1.165) is 59.2 Å². The molecule has 4 rings (SSSR count). The highest BCUT2D eigenvalue weighted by Crippen LogP contribution is 2.46. The lowest BCUT2D eigenvalue weighted by molar-refractivity contribution is -0.118. The summed E-state index contributed by atoms with van der Waals surface area (Å²) < 4.78 is 13.7. The third-order valence-corrected chi connectivity index (χ3v) is 7.01. The van der Waals surface area contributed by atoms with Gasteiger partial charge in [-0.1, -0.05) is 51.9 Å². The maximum absolute atomic E-state index is 13.5. The van der Waals surface area contributed by atoms with Crippen molar-refractivity contribution >= 4 is 23.5 Å². The second kappa shape index (κ2) is 10.4. The minimum Gasteiger partial charge on any atom is -0.490 e. The predicted molar refractivity (Wildman–Crippen MR) is 136 cm³/mol. The number of carbonyl (C=O) groups excluding carboxylic acids is 1. The number of anilines is 1. The van der Waals surface area contributed by atoms with Gasteiger partial charge >= 0.3 is 0 Å². The van der Waals surface area contributed by atoms with Crippen molar-refractivity contribution in [2.24, 2.45) is 5.41 Å². The summed E-state index contributed by atoms with van der Waals surface area (Å²) in [4.78, 5) is 18.2. The van der Waals surface area contributed by atoms with Crippen molar-refractivity contribution in [1.29, 1.82) is 0 Å². The molecule has 2 aromatic rings. The van der Waals surface area contributed by atoms with Crippen molar-refractivity contribution in [3.8, 4) is 11.5 Å². The Hall–Kier alpha value is -2.48. The molecule has 0 fully saturated rings. The zero-order chi connectivity index (χ0) is 24.3. The number of rotatable bonds is 10. The van der Waals surface area contributed by atoms with E-state index in [1.807, 2.05) is 29.8 Å². The molecule has 0 bridgehead atoms. The number of unbranched alkanes of at least 4 members (excludes halogenated alkanes) is 1. The number of Topliss-reactive ketones (excluding diaryl/α,β-unsaturated/α-hetero) is 1. The summed E-state index contributed by atoms with van der Waals surface area (Å²) in [5.74, 6) is 3.24. The first-order valence-corrected chi connectivity index (χ1v) is 13.4. The fraction of sp³-hybridized carbons (Fsp3) is 0.577. The number of hydrogen-bond donors (Lipinski definition) is 1. The number of ketones is 1. The van der Waals surface area contributed by atoms with E-state index in [0.29, 0.717) is 31.3 Å². The van der Waals surface area contributed by atoms with Gasteiger partial charge in [0.1, 0.15) is 6.04 Å². The first-order chi connectivity index (χ1) is 16.4. The minimum absolute atomic E-state index is 0.0945. The number of ether oxygens (including phenoxy) is 2. The smallest absolute Gasteiger partial charge is 0.227 e. The van der Waals surface area contributed by atoms with Gasteiger partial charge in [-0.05, 0) is 49.3 Å². The molecule has 184 valence electrons. The number of nitrogens with one attached hydrogen (secondary N) is 1. The maximum Gasteiger partial charge on any atom is 0.227 e. The Bertz CT molecular complexity index is 1080. The molecule has 0 spiro atoms. The van der Waals surface area contributed by atoms with Crippen molar-refractivity contribution in [2.45, 2.75) is 77.9 Å². The lowest BCUT2D eigenvalue weighted by Gasteiger charge is -2.38. The lowest BCUT2D eigenvalue weighted by Crippen LogP contribution is -2.36. The largest absolute Gasteiger partial charge is 0.490 e. The predicted octanol–water partition coefficient (Wildman–Crippen LogP) is 6.02. The molecule has 2 aliphatic rings. The second-order valence-electron chi connectivity index (χ2n) is 9.71. The van der Waals surface area contributed by atoms with Crippen molar-refractivity contribution < 1.29 is 14.3 Å². The molecule has 1 aromatic carbocycles. The molecule has 34 heavy (non-hydrogen) atoms. The fourth-order valence-electron chi connectivity index (χ4n) is 4.56. The summed E-state index contributed by atoms with van der Waals surface area (Å²) in [5, 5.41) is 9.03. The Morgan fingerprint density at radius 3 is 2.71 bits per heavy atom. The summed E-state index contributed by atoms with van der Waals surface area (Å²) >= 11 is 1.66. The quantitative estimate of drug-likeness (QED) is 0.326. The number of allylic oxidation sites excluding steroid dienone is 2. The third-order valence-electron chi connectivity index (χ3n) is 6.09.